The molecule has 5 nitrogen and oxygen atoms in total. The molecule has 1 heterocycles. The Hall–Kier alpha value is -1.46. The van der Waals surface area contributed by atoms with Gasteiger partial charge in [0.2, 0.25) is 0 Å². The molecule has 1 aromatic carbocycles. The van der Waals surface area contributed by atoms with E-state index < -0.39 is 5.97 Å². The quantitative estimate of drug-likeness (QED) is 0.880. The molecule has 0 aromatic heterocycles. The van der Waals surface area contributed by atoms with Crippen LogP contribution >= 0.6 is 23.2 Å². The predicted octanol–water partition coefficient (Wildman–Crippen LogP) is 3.56. The Labute approximate surface area is 139 Å². The third-order valence-electron chi connectivity index (χ3n) is 3.90. The number of carbonyl (C=O) groups excluding carboxylic acids is 1. The molecule has 0 aliphatic carbocycles. The van der Waals surface area contributed by atoms with Crippen molar-refractivity contribution in [1.29, 1.82) is 0 Å². The third-order valence-corrected chi connectivity index (χ3v) is 4.48. The van der Waals surface area contributed by atoms with Crippen molar-refractivity contribution in [3.05, 3.63) is 33.8 Å². The van der Waals surface area contributed by atoms with Gasteiger partial charge in [0.05, 0.1) is 12.0 Å². The summed E-state index contributed by atoms with van der Waals surface area (Å²) in [4.78, 5) is 24.8. The van der Waals surface area contributed by atoms with Gasteiger partial charge in [0.15, 0.2) is 0 Å². The summed E-state index contributed by atoms with van der Waals surface area (Å²) in [6, 6.07) is 4.62. The molecule has 120 valence electrons. The van der Waals surface area contributed by atoms with Gasteiger partial charge in [-0.2, -0.15) is 0 Å². The summed E-state index contributed by atoms with van der Waals surface area (Å²) in [5.41, 5.74) is 0.753. The van der Waals surface area contributed by atoms with Crippen LogP contribution in [0.3, 0.4) is 0 Å². The minimum absolute atomic E-state index is 0.215. The lowest BCUT2D eigenvalue weighted by Gasteiger charge is -2.31. The van der Waals surface area contributed by atoms with Crippen LogP contribution in [0, 0.1) is 5.92 Å². The molecule has 22 heavy (non-hydrogen) atoms. The van der Waals surface area contributed by atoms with E-state index in [4.69, 9.17) is 28.3 Å². The van der Waals surface area contributed by atoms with Crippen molar-refractivity contribution in [3.8, 4) is 0 Å². The van der Waals surface area contributed by atoms with Gasteiger partial charge in [-0.25, -0.2) is 4.79 Å². The Kier molecular flexibility index (Phi) is 5.53. The Morgan fingerprint density at radius 1 is 1.32 bits per heavy atom. The monoisotopic (exact) mass is 344 g/mol. The highest BCUT2D eigenvalue weighted by Gasteiger charge is 2.27. The zero-order valence-electron chi connectivity index (χ0n) is 12.2. The number of nitrogens with one attached hydrogen (secondary N) is 1. The fraction of sp³-hybridized carbons (Fsp3) is 0.467. The summed E-state index contributed by atoms with van der Waals surface area (Å²) >= 11 is 12.1. The second-order valence-corrected chi connectivity index (χ2v) is 6.28. The second kappa shape index (κ2) is 7.20. The van der Waals surface area contributed by atoms with Gasteiger partial charge >= 0.3 is 12.0 Å². The number of hydrogen-bond donors (Lipinski definition) is 2. The predicted molar refractivity (Wildman–Crippen MR) is 85.3 cm³/mol. The number of urea groups is 1. The van der Waals surface area contributed by atoms with Crippen molar-refractivity contribution in [2.75, 3.05) is 13.1 Å². The lowest BCUT2D eigenvalue weighted by atomic mass is 9.97. The maximum atomic E-state index is 12.2. The molecule has 1 aromatic rings. The first-order valence-corrected chi connectivity index (χ1v) is 7.87. The fourth-order valence-electron chi connectivity index (χ4n) is 2.53. The molecule has 2 N–H and O–H groups in total. The zero-order valence-corrected chi connectivity index (χ0v) is 13.7. The first kappa shape index (κ1) is 16.9. The van der Waals surface area contributed by atoms with Crippen molar-refractivity contribution in [2.45, 2.75) is 25.8 Å². The maximum Gasteiger partial charge on any atom is 0.317 e. The Bertz CT molecular complexity index is 572. The number of hydrogen-bond acceptors (Lipinski definition) is 2. The summed E-state index contributed by atoms with van der Waals surface area (Å²) in [5, 5.41) is 12.9. The Morgan fingerprint density at radius 2 is 1.95 bits per heavy atom. The van der Waals surface area contributed by atoms with Crippen molar-refractivity contribution in [2.24, 2.45) is 5.92 Å². The molecule has 1 saturated heterocycles. The van der Waals surface area contributed by atoms with Crippen LogP contribution in [-0.4, -0.2) is 35.1 Å². The molecular formula is C15H18Cl2N2O3. The summed E-state index contributed by atoms with van der Waals surface area (Å²) in [6.07, 6.45) is 0.962. The van der Waals surface area contributed by atoms with E-state index in [9.17, 15) is 9.59 Å². The zero-order chi connectivity index (χ0) is 16.3. The van der Waals surface area contributed by atoms with E-state index in [-0.39, 0.29) is 18.0 Å². The number of carboxylic acid groups (broad SMARTS) is 1. The Balaban J connectivity index is 1.94. The van der Waals surface area contributed by atoms with Gasteiger partial charge in [-0.3, -0.25) is 4.79 Å². The topological polar surface area (TPSA) is 69.6 Å². The number of aliphatic carboxylic acids is 1. The molecule has 1 aliphatic heterocycles. The SMILES string of the molecule is C[C@@H](NC(=O)N1CCC(C(=O)O)CC1)c1cc(Cl)ccc1Cl. The number of carbonyl (C=O) groups is 2. The molecule has 0 saturated carbocycles. The number of nitrogens with zero attached hydrogens (tertiary/aromatic N) is 1. The van der Waals surface area contributed by atoms with Crippen molar-refractivity contribution in [1.82, 2.24) is 10.2 Å². The van der Waals surface area contributed by atoms with Crippen LogP contribution in [0.25, 0.3) is 0 Å². The normalized spacial score (nSPS) is 17.1. The average molecular weight is 345 g/mol. The van der Waals surface area contributed by atoms with Gasteiger partial charge in [0.1, 0.15) is 0 Å². The third kappa shape index (κ3) is 4.05. The van der Waals surface area contributed by atoms with E-state index in [2.05, 4.69) is 5.32 Å². The van der Waals surface area contributed by atoms with E-state index in [0.717, 1.165) is 5.56 Å². The molecule has 2 amide bonds. The molecular weight excluding hydrogens is 327 g/mol. The van der Waals surface area contributed by atoms with Crippen molar-refractivity contribution >= 4 is 35.2 Å². The van der Waals surface area contributed by atoms with Gasteiger partial charge in [-0.05, 0) is 43.5 Å². The summed E-state index contributed by atoms with van der Waals surface area (Å²) in [6.45, 7) is 2.72. The summed E-state index contributed by atoms with van der Waals surface area (Å²) in [5.74, 6) is -1.15. The molecule has 1 atom stereocenters. The van der Waals surface area contributed by atoms with E-state index in [1.165, 1.54) is 0 Å². The van der Waals surface area contributed by atoms with Crippen LogP contribution in [0.5, 0.6) is 0 Å². The van der Waals surface area contributed by atoms with E-state index >= 15 is 0 Å². The van der Waals surface area contributed by atoms with Crippen LogP contribution in [0.2, 0.25) is 10.0 Å². The maximum absolute atomic E-state index is 12.2. The fourth-order valence-corrected chi connectivity index (χ4v) is 2.99. The molecule has 1 aliphatic rings. The van der Waals surface area contributed by atoms with E-state index in [0.29, 0.717) is 36.0 Å². The number of amides is 2. The number of benzene rings is 1. The van der Waals surface area contributed by atoms with Crippen LogP contribution < -0.4 is 5.32 Å². The van der Waals surface area contributed by atoms with Crippen LogP contribution in [0.4, 0.5) is 4.79 Å². The van der Waals surface area contributed by atoms with E-state index in [1.807, 2.05) is 6.92 Å². The minimum atomic E-state index is -0.792. The minimum Gasteiger partial charge on any atom is -0.481 e. The lowest BCUT2D eigenvalue weighted by molar-refractivity contribution is -0.143. The second-order valence-electron chi connectivity index (χ2n) is 5.44. The van der Waals surface area contributed by atoms with Gasteiger partial charge in [-0.15, -0.1) is 0 Å². The van der Waals surface area contributed by atoms with Crippen LogP contribution in [-0.2, 0) is 4.79 Å². The number of likely N-dealkylation sites (tertiary alicyclic amines) is 1. The highest BCUT2D eigenvalue weighted by Crippen LogP contribution is 2.26. The number of carboxylic acids is 1. The van der Waals surface area contributed by atoms with Gasteiger partial charge < -0.3 is 15.3 Å². The van der Waals surface area contributed by atoms with E-state index in [1.54, 1.807) is 23.1 Å². The molecule has 0 bridgehead atoms. The lowest BCUT2D eigenvalue weighted by Crippen LogP contribution is -2.46. The number of rotatable bonds is 3. The average Bonchev–Trinajstić information content (AvgIpc) is 2.49. The first-order chi connectivity index (χ1) is 10.4. The Morgan fingerprint density at radius 3 is 2.55 bits per heavy atom. The standard InChI is InChI=1S/C15H18Cl2N2O3/c1-9(12-8-11(16)2-3-13(12)17)18-15(22)19-6-4-10(5-7-19)14(20)21/h2-3,8-10H,4-7H2,1H3,(H,18,22)(H,20,21)/t9-/m1/s1. The molecule has 0 radical (unpaired) electrons. The van der Waals surface area contributed by atoms with Crippen LogP contribution in [0.15, 0.2) is 18.2 Å². The smallest absolute Gasteiger partial charge is 0.317 e. The number of halogens is 2. The van der Waals surface area contributed by atoms with Gasteiger partial charge in [0, 0.05) is 23.1 Å². The van der Waals surface area contributed by atoms with Crippen LogP contribution in [0.1, 0.15) is 31.4 Å². The van der Waals surface area contributed by atoms with Crippen molar-refractivity contribution in [3.63, 3.8) is 0 Å². The number of piperidine rings is 1. The molecule has 7 heteroatoms. The molecule has 0 unspecified atom stereocenters. The highest BCUT2D eigenvalue weighted by molar-refractivity contribution is 6.33. The summed E-state index contributed by atoms with van der Waals surface area (Å²) in [7, 11) is 0. The highest BCUT2D eigenvalue weighted by atomic mass is 35.5. The largest absolute Gasteiger partial charge is 0.481 e. The molecule has 2 rings (SSSR count). The molecule has 0 spiro atoms. The summed E-state index contributed by atoms with van der Waals surface area (Å²) < 4.78 is 0. The van der Waals surface area contributed by atoms with Crippen molar-refractivity contribution < 1.29 is 14.7 Å². The van der Waals surface area contributed by atoms with Gasteiger partial charge in [-0.1, -0.05) is 23.2 Å². The van der Waals surface area contributed by atoms with Gasteiger partial charge in [0.25, 0.3) is 0 Å². The first-order valence-electron chi connectivity index (χ1n) is 7.11. The molecule has 1 fully saturated rings.